The van der Waals surface area contributed by atoms with Crippen LogP contribution in [0.3, 0.4) is 0 Å². The number of nitrogens with zero attached hydrogens (tertiary/aromatic N) is 4. The molecule has 0 aliphatic carbocycles. The molecule has 0 saturated carbocycles. The van der Waals surface area contributed by atoms with E-state index >= 15 is 0 Å². The molecule has 0 heterocycles. The van der Waals surface area contributed by atoms with Crippen LogP contribution in [-0.2, 0) is 64.0 Å². The maximum Gasteiger partial charge on any atom is 0 e. The monoisotopic (exact) mass is 841 g/mol. The number of rotatable bonds is 2. The number of unbranched alkanes of at least 4 members (excludes halogenated alkanes) is 2. The Labute approximate surface area is 247 Å². The van der Waals surface area contributed by atoms with Gasteiger partial charge in [-0.15, -0.1) is 0 Å². The molecular formula is C25H53N4O4W2-11. The summed E-state index contributed by atoms with van der Waals surface area (Å²) in [5.74, 6) is 1.77. The van der Waals surface area contributed by atoms with E-state index in [0.29, 0.717) is 0 Å². The minimum atomic E-state index is -0.0150. The molecule has 10 heteroatoms. The van der Waals surface area contributed by atoms with E-state index in [-0.39, 0.29) is 86.2 Å². The largest absolute Gasteiger partial charge is 2.00 e. The van der Waals surface area contributed by atoms with Gasteiger partial charge in [0.15, 0.2) is 0 Å². The fourth-order valence-electron chi connectivity index (χ4n) is 2.28. The number of amidine groups is 2. The average Bonchev–Trinajstić information content (AvgIpc) is 2.30. The van der Waals surface area contributed by atoms with Crippen LogP contribution < -0.4 is 0 Å². The quantitative estimate of drug-likeness (QED) is 0.149. The van der Waals surface area contributed by atoms with Crippen LogP contribution in [0, 0.1) is 6.42 Å². The number of hydrogen-bond acceptors (Lipinski definition) is 2. The molecule has 0 spiro atoms. The fraction of sp³-hybridized carbons (Fsp3) is 0.880. The van der Waals surface area contributed by atoms with Gasteiger partial charge in [0.05, 0.1) is 0 Å². The summed E-state index contributed by atoms with van der Waals surface area (Å²) in [6.07, 6.45) is 4.73. The van der Waals surface area contributed by atoms with Crippen LogP contribution in [0.25, 0.3) is 10.6 Å². The Kier molecular flexibility index (Phi) is 46.6. The van der Waals surface area contributed by atoms with Gasteiger partial charge < -0.3 is 48.9 Å². The third-order valence-electron chi connectivity index (χ3n) is 2.57. The van der Waals surface area contributed by atoms with E-state index in [1.807, 2.05) is 13.8 Å². The third kappa shape index (κ3) is 71.9. The van der Waals surface area contributed by atoms with E-state index in [4.69, 9.17) is 0 Å². The van der Waals surface area contributed by atoms with E-state index in [2.05, 4.69) is 124 Å². The minimum absolute atomic E-state index is 0. The zero-order valence-electron chi connectivity index (χ0n) is 25.2. The van der Waals surface area contributed by atoms with Crippen molar-refractivity contribution >= 4 is 11.7 Å². The van der Waals surface area contributed by atoms with Gasteiger partial charge in [0.1, 0.15) is 0 Å². The van der Waals surface area contributed by atoms with Crippen molar-refractivity contribution in [2.75, 3.05) is 0 Å². The first kappa shape index (κ1) is 60.0. The van der Waals surface area contributed by atoms with Crippen LogP contribution in [0.5, 0.6) is 0 Å². The van der Waals surface area contributed by atoms with Crippen LogP contribution >= 0.6 is 0 Å². The van der Waals surface area contributed by atoms with Crippen molar-refractivity contribution in [3.05, 3.63) is 17.1 Å². The van der Waals surface area contributed by atoms with Gasteiger partial charge in [0.25, 0.3) is 0 Å². The summed E-state index contributed by atoms with van der Waals surface area (Å²) >= 11 is 0. The molecule has 0 radical (unpaired) electrons. The van der Waals surface area contributed by atoms with Crippen LogP contribution in [0.1, 0.15) is 124 Å². The molecule has 0 atom stereocenters. The molecule has 35 heavy (non-hydrogen) atoms. The molecule has 0 N–H and O–H groups in total. The fourth-order valence-corrected chi connectivity index (χ4v) is 2.28. The SMILES string of the molecule is CC(=NC(C)(C)C)[N-]C(C)(C)C.CC(=NC(C)(C)C)[N-]C(C)(C)C.C[CH-]CCC.[O-2].[O-2].[O-2].[O-2].[W].[W]. The number of hydrogen-bond donors (Lipinski definition) is 0. The summed E-state index contributed by atoms with van der Waals surface area (Å²) in [7, 11) is 0. The maximum absolute atomic E-state index is 4.44. The molecule has 0 aliphatic heterocycles. The van der Waals surface area contributed by atoms with Gasteiger partial charge in [-0.1, -0.05) is 108 Å². The predicted octanol–water partition coefficient (Wildman–Crippen LogP) is 8.28. The third-order valence-corrected chi connectivity index (χ3v) is 2.57. The minimum Gasteiger partial charge on any atom is -2.00 e. The molecule has 0 amide bonds. The van der Waals surface area contributed by atoms with Crippen molar-refractivity contribution < 1.29 is 64.0 Å². The van der Waals surface area contributed by atoms with E-state index in [9.17, 15) is 0 Å². The molecule has 0 saturated heterocycles. The molecule has 0 aromatic carbocycles. The Hall–Kier alpha value is 0.157. The van der Waals surface area contributed by atoms with Crippen LogP contribution in [0.4, 0.5) is 0 Å². The molecule has 0 aromatic rings. The Morgan fingerprint density at radius 3 is 0.914 bits per heavy atom. The second-order valence-corrected chi connectivity index (χ2v) is 11.4. The van der Waals surface area contributed by atoms with Crippen molar-refractivity contribution in [1.29, 1.82) is 0 Å². The summed E-state index contributed by atoms with van der Waals surface area (Å²) < 4.78 is 0. The molecule has 0 bridgehead atoms. The first-order valence-corrected chi connectivity index (χ1v) is 11.0. The molecule has 220 valence electrons. The van der Waals surface area contributed by atoms with E-state index in [0.717, 1.165) is 11.7 Å². The summed E-state index contributed by atoms with van der Waals surface area (Å²) in [5.41, 5.74) is -0.0602. The van der Waals surface area contributed by atoms with Gasteiger partial charge in [0, 0.05) is 42.1 Å². The summed E-state index contributed by atoms with van der Waals surface area (Å²) in [6, 6.07) is 0. The van der Waals surface area contributed by atoms with E-state index in [1.165, 1.54) is 12.8 Å². The standard InChI is InChI=1S/2C10H21N2.C5H11.4O.2W/c2*1-8(11-9(2,3)4)12-10(5,6)7;1-3-5-4-2;;;;;;/h2*1-7H3;3H,4-5H2,1-2H3;;;;;;/q3*-1;4*-2;;. The van der Waals surface area contributed by atoms with E-state index in [1.54, 1.807) is 0 Å². The van der Waals surface area contributed by atoms with Gasteiger partial charge in [-0.05, 0) is 36.0 Å². The van der Waals surface area contributed by atoms with Gasteiger partial charge in [-0.3, -0.25) is 0 Å². The summed E-state index contributed by atoms with van der Waals surface area (Å²) in [6.45, 7) is 33.1. The molecule has 0 unspecified atom stereocenters. The molecule has 0 aliphatic rings. The second-order valence-electron chi connectivity index (χ2n) is 11.4. The molecule has 0 fully saturated rings. The maximum atomic E-state index is 4.44. The molecular weight excluding hydrogens is 788 g/mol. The number of aliphatic imine (C=N–C) groups is 2. The molecule has 0 aromatic heterocycles. The molecule has 8 nitrogen and oxygen atoms in total. The smallest absolute Gasteiger partial charge is 0 e. The molecule has 0 rings (SSSR count). The first-order chi connectivity index (χ1) is 12.6. The second kappa shape index (κ2) is 27.2. The Morgan fingerprint density at radius 1 is 0.600 bits per heavy atom. The van der Waals surface area contributed by atoms with Gasteiger partial charge in [-0.25, -0.2) is 0 Å². The first-order valence-electron chi connectivity index (χ1n) is 11.0. The van der Waals surface area contributed by atoms with Crippen molar-refractivity contribution in [2.45, 2.75) is 146 Å². The van der Waals surface area contributed by atoms with Crippen molar-refractivity contribution in [1.82, 2.24) is 0 Å². The average molecular weight is 841 g/mol. The van der Waals surface area contributed by atoms with Gasteiger partial charge in [-0.2, -0.15) is 13.3 Å². The Balaban J connectivity index is -0.0000000405. The normalized spacial score (nSPS) is 11.3. The van der Waals surface area contributed by atoms with Crippen molar-refractivity contribution in [3.63, 3.8) is 0 Å². The zero-order chi connectivity index (χ0) is 24.1. The predicted molar refractivity (Wildman–Crippen MR) is 140 cm³/mol. The Bertz CT molecular complexity index is 446. The van der Waals surface area contributed by atoms with Crippen molar-refractivity contribution in [2.24, 2.45) is 9.98 Å². The van der Waals surface area contributed by atoms with Crippen LogP contribution in [0.2, 0.25) is 0 Å². The van der Waals surface area contributed by atoms with Crippen molar-refractivity contribution in [3.8, 4) is 0 Å². The van der Waals surface area contributed by atoms with Gasteiger partial charge >= 0.3 is 0 Å². The Morgan fingerprint density at radius 2 is 0.829 bits per heavy atom. The zero-order valence-corrected chi connectivity index (χ0v) is 31.1. The van der Waals surface area contributed by atoms with E-state index < -0.39 is 0 Å². The van der Waals surface area contributed by atoms with Gasteiger partial charge in [0.2, 0.25) is 0 Å². The van der Waals surface area contributed by atoms with Crippen LogP contribution in [0.15, 0.2) is 9.98 Å². The van der Waals surface area contributed by atoms with Crippen LogP contribution in [-0.4, -0.2) is 33.8 Å². The summed E-state index contributed by atoms with van der Waals surface area (Å²) in [5, 5.41) is 8.89. The summed E-state index contributed by atoms with van der Waals surface area (Å²) in [4.78, 5) is 8.89. The topological polar surface area (TPSA) is 167 Å².